The first-order valence-corrected chi connectivity index (χ1v) is 5.97. The third kappa shape index (κ3) is 2.15. The molecule has 94 valence electrons. The molecule has 0 aliphatic heterocycles. The Morgan fingerprint density at radius 1 is 1.00 bits per heavy atom. The normalized spacial score (nSPS) is 10.6. The zero-order valence-corrected chi connectivity index (χ0v) is 10.4. The SMILES string of the molecule is COc1cc(-c2ccccc2)nc2ccc(F)cc12. The van der Waals surface area contributed by atoms with Crippen LogP contribution in [0.25, 0.3) is 22.2 Å². The van der Waals surface area contributed by atoms with Gasteiger partial charge in [-0.2, -0.15) is 0 Å². The number of rotatable bonds is 2. The van der Waals surface area contributed by atoms with E-state index in [2.05, 4.69) is 4.98 Å². The summed E-state index contributed by atoms with van der Waals surface area (Å²) in [5.74, 6) is 0.336. The van der Waals surface area contributed by atoms with Crippen molar-refractivity contribution in [3.8, 4) is 17.0 Å². The van der Waals surface area contributed by atoms with Crippen molar-refractivity contribution in [3.63, 3.8) is 0 Å². The summed E-state index contributed by atoms with van der Waals surface area (Å²) in [6.45, 7) is 0. The number of ether oxygens (including phenoxy) is 1. The highest BCUT2D eigenvalue weighted by Crippen LogP contribution is 2.30. The average molecular weight is 253 g/mol. The van der Waals surface area contributed by atoms with Gasteiger partial charge >= 0.3 is 0 Å². The van der Waals surface area contributed by atoms with Crippen LogP contribution in [0.4, 0.5) is 4.39 Å². The van der Waals surface area contributed by atoms with E-state index in [1.807, 2.05) is 36.4 Å². The third-order valence-corrected chi connectivity index (χ3v) is 3.02. The molecule has 0 amide bonds. The molecule has 2 nitrogen and oxygen atoms in total. The number of fused-ring (bicyclic) bond motifs is 1. The van der Waals surface area contributed by atoms with Crippen LogP contribution >= 0.6 is 0 Å². The van der Waals surface area contributed by atoms with Crippen LogP contribution < -0.4 is 4.74 Å². The topological polar surface area (TPSA) is 22.1 Å². The first-order chi connectivity index (χ1) is 9.28. The lowest BCUT2D eigenvalue weighted by Crippen LogP contribution is -1.91. The Labute approximate surface area is 110 Å². The van der Waals surface area contributed by atoms with Crippen LogP contribution in [0.3, 0.4) is 0 Å². The van der Waals surface area contributed by atoms with E-state index in [0.717, 1.165) is 16.8 Å². The van der Waals surface area contributed by atoms with E-state index in [-0.39, 0.29) is 5.82 Å². The molecule has 0 atom stereocenters. The standard InChI is InChI=1S/C16H12FNO/c1-19-16-10-15(11-5-3-2-4-6-11)18-14-8-7-12(17)9-13(14)16/h2-10H,1H3. The van der Waals surface area contributed by atoms with Crippen molar-refractivity contribution < 1.29 is 9.13 Å². The Balaban J connectivity index is 2.26. The summed E-state index contributed by atoms with van der Waals surface area (Å²) >= 11 is 0. The van der Waals surface area contributed by atoms with Crippen LogP contribution in [-0.2, 0) is 0 Å². The molecule has 0 saturated carbocycles. The molecule has 1 heterocycles. The Bertz CT molecular complexity index is 725. The van der Waals surface area contributed by atoms with Crippen molar-refractivity contribution >= 4 is 10.9 Å². The van der Waals surface area contributed by atoms with E-state index in [1.165, 1.54) is 12.1 Å². The van der Waals surface area contributed by atoms with Crippen molar-refractivity contribution in [2.45, 2.75) is 0 Å². The van der Waals surface area contributed by atoms with Crippen LogP contribution in [0.5, 0.6) is 5.75 Å². The van der Waals surface area contributed by atoms with E-state index in [1.54, 1.807) is 13.2 Å². The molecule has 0 saturated heterocycles. The number of methoxy groups -OCH3 is 1. The lowest BCUT2D eigenvalue weighted by atomic mass is 10.1. The van der Waals surface area contributed by atoms with E-state index < -0.39 is 0 Å². The van der Waals surface area contributed by atoms with Crippen LogP contribution in [0.15, 0.2) is 54.6 Å². The number of nitrogens with zero attached hydrogens (tertiary/aromatic N) is 1. The molecule has 19 heavy (non-hydrogen) atoms. The van der Waals surface area contributed by atoms with Crippen molar-refractivity contribution in [3.05, 3.63) is 60.4 Å². The Morgan fingerprint density at radius 2 is 1.79 bits per heavy atom. The van der Waals surface area contributed by atoms with Gasteiger partial charge in [0, 0.05) is 17.0 Å². The maximum atomic E-state index is 13.3. The van der Waals surface area contributed by atoms with Gasteiger partial charge in [0.15, 0.2) is 0 Å². The summed E-state index contributed by atoms with van der Waals surface area (Å²) in [4.78, 5) is 4.55. The van der Waals surface area contributed by atoms with Crippen LogP contribution in [0, 0.1) is 5.82 Å². The highest BCUT2D eigenvalue weighted by atomic mass is 19.1. The second-order valence-electron chi connectivity index (χ2n) is 4.24. The van der Waals surface area contributed by atoms with E-state index in [9.17, 15) is 4.39 Å². The van der Waals surface area contributed by atoms with Gasteiger partial charge in [-0.15, -0.1) is 0 Å². The van der Waals surface area contributed by atoms with Gasteiger partial charge in [-0.1, -0.05) is 30.3 Å². The third-order valence-electron chi connectivity index (χ3n) is 3.02. The minimum Gasteiger partial charge on any atom is -0.496 e. The van der Waals surface area contributed by atoms with E-state index in [0.29, 0.717) is 11.1 Å². The maximum Gasteiger partial charge on any atom is 0.130 e. The molecule has 0 spiro atoms. The first-order valence-electron chi connectivity index (χ1n) is 5.97. The largest absolute Gasteiger partial charge is 0.496 e. The predicted octanol–water partition coefficient (Wildman–Crippen LogP) is 4.05. The smallest absolute Gasteiger partial charge is 0.130 e. The minimum absolute atomic E-state index is 0.292. The molecular weight excluding hydrogens is 241 g/mol. The molecule has 3 aromatic rings. The molecule has 2 aromatic carbocycles. The summed E-state index contributed by atoms with van der Waals surface area (Å²) in [7, 11) is 1.58. The monoisotopic (exact) mass is 253 g/mol. The lowest BCUT2D eigenvalue weighted by molar-refractivity contribution is 0.419. The van der Waals surface area contributed by atoms with Gasteiger partial charge in [0.05, 0.1) is 18.3 Å². The summed E-state index contributed by atoms with van der Waals surface area (Å²) in [6.07, 6.45) is 0. The Kier molecular flexibility index (Phi) is 2.88. The molecular formula is C16H12FNO. The summed E-state index contributed by atoms with van der Waals surface area (Å²) in [6, 6.07) is 16.2. The zero-order valence-electron chi connectivity index (χ0n) is 10.4. The second kappa shape index (κ2) is 4.69. The van der Waals surface area contributed by atoms with Gasteiger partial charge in [0.2, 0.25) is 0 Å². The molecule has 3 rings (SSSR count). The molecule has 0 unspecified atom stereocenters. The molecule has 0 N–H and O–H groups in total. The minimum atomic E-state index is -0.292. The van der Waals surface area contributed by atoms with Crippen molar-refractivity contribution in [1.29, 1.82) is 0 Å². The summed E-state index contributed by atoms with van der Waals surface area (Å²) < 4.78 is 18.6. The summed E-state index contributed by atoms with van der Waals surface area (Å²) in [5, 5.41) is 0.683. The average Bonchev–Trinajstić information content (AvgIpc) is 2.47. The van der Waals surface area contributed by atoms with Crippen molar-refractivity contribution in [2.24, 2.45) is 0 Å². The number of hydrogen-bond donors (Lipinski definition) is 0. The summed E-state index contributed by atoms with van der Waals surface area (Å²) in [5.41, 5.74) is 2.54. The molecule has 0 radical (unpaired) electrons. The predicted molar refractivity (Wildman–Crippen MR) is 73.7 cm³/mol. The van der Waals surface area contributed by atoms with Crippen LogP contribution in [0.1, 0.15) is 0 Å². The van der Waals surface area contributed by atoms with Crippen molar-refractivity contribution in [2.75, 3.05) is 7.11 Å². The zero-order chi connectivity index (χ0) is 13.2. The number of pyridine rings is 1. The van der Waals surface area contributed by atoms with Crippen LogP contribution in [0.2, 0.25) is 0 Å². The number of aromatic nitrogens is 1. The number of halogens is 1. The lowest BCUT2D eigenvalue weighted by Gasteiger charge is -2.08. The maximum absolute atomic E-state index is 13.3. The van der Waals surface area contributed by atoms with Gasteiger partial charge in [-0.05, 0) is 18.2 Å². The highest BCUT2D eigenvalue weighted by molar-refractivity contribution is 5.88. The number of benzene rings is 2. The fraction of sp³-hybridized carbons (Fsp3) is 0.0625. The first kappa shape index (κ1) is 11.7. The molecule has 0 bridgehead atoms. The molecule has 3 heteroatoms. The second-order valence-corrected chi connectivity index (χ2v) is 4.24. The molecule has 0 fully saturated rings. The van der Waals surface area contributed by atoms with E-state index in [4.69, 9.17) is 4.74 Å². The molecule has 1 aromatic heterocycles. The van der Waals surface area contributed by atoms with Crippen molar-refractivity contribution in [1.82, 2.24) is 4.98 Å². The van der Waals surface area contributed by atoms with Gasteiger partial charge in [0.1, 0.15) is 11.6 Å². The Morgan fingerprint density at radius 3 is 2.53 bits per heavy atom. The van der Waals surface area contributed by atoms with Gasteiger partial charge in [-0.3, -0.25) is 0 Å². The number of hydrogen-bond acceptors (Lipinski definition) is 2. The Hall–Kier alpha value is -2.42. The molecule has 0 aliphatic rings. The van der Waals surface area contributed by atoms with Gasteiger partial charge in [0.25, 0.3) is 0 Å². The highest BCUT2D eigenvalue weighted by Gasteiger charge is 2.08. The van der Waals surface area contributed by atoms with Crippen LogP contribution in [-0.4, -0.2) is 12.1 Å². The fourth-order valence-corrected chi connectivity index (χ4v) is 2.09. The van der Waals surface area contributed by atoms with Gasteiger partial charge < -0.3 is 4.74 Å². The fourth-order valence-electron chi connectivity index (χ4n) is 2.09. The van der Waals surface area contributed by atoms with E-state index >= 15 is 0 Å². The molecule has 0 aliphatic carbocycles. The van der Waals surface area contributed by atoms with Gasteiger partial charge in [-0.25, -0.2) is 9.37 Å². The quantitative estimate of drug-likeness (QED) is 0.687.